The van der Waals surface area contributed by atoms with Crippen LogP contribution in [-0.4, -0.2) is 38.2 Å². The van der Waals surface area contributed by atoms with Gasteiger partial charge in [-0.15, -0.1) is 0 Å². The first kappa shape index (κ1) is 15.5. The average Bonchev–Trinajstić information content (AvgIpc) is 2.47. The molecule has 0 spiro atoms. The van der Waals surface area contributed by atoms with Crippen LogP contribution in [0.2, 0.25) is 0 Å². The van der Waals surface area contributed by atoms with Crippen molar-refractivity contribution < 1.29 is 4.74 Å². The van der Waals surface area contributed by atoms with Gasteiger partial charge < -0.3 is 15.0 Å². The lowest BCUT2D eigenvalue weighted by molar-refractivity contribution is 0.183. The van der Waals surface area contributed by atoms with E-state index in [9.17, 15) is 0 Å². The van der Waals surface area contributed by atoms with E-state index < -0.39 is 0 Å². The van der Waals surface area contributed by atoms with Crippen molar-refractivity contribution >= 4 is 0 Å². The summed E-state index contributed by atoms with van der Waals surface area (Å²) in [5, 5.41) is 3.56. The van der Waals surface area contributed by atoms with Gasteiger partial charge in [-0.1, -0.05) is 31.2 Å². The van der Waals surface area contributed by atoms with E-state index in [0.717, 1.165) is 19.0 Å². The minimum atomic E-state index is 0.696. The Hall–Kier alpha value is -0.900. The molecule has 1 saturated heterocycles. The molecule has 1 aliphatic heterocycles. The van der Waals surface area contributed by atoms with Crippen LogP contribution in [0, 0.1) is 5.92 Å². The number of nitrogens with one attached hydrogen (secondary N) is 1. The molecule has 3 nitrogen and oxygen atoms in total. The first-order valence-corrected chi connectivity index (χ1v) is 7.78. The predicted molar refractivity (Wildman–Crippen MR) is 83.7 cm³/mol. The number of nitrogens with zero attached hydrogens (tertiary/aromatic N) is 1. The number of hydrogen-bond acceptors (Lipinski definition) is 3. The zero-order valence-electron chi connectivity index (χ0n) is 12.9. The zero-order valence-corrected chi connectivity index (χ0v) is 12.9. The zero-order chi connectivity index (χ0) is 14.2. The standard InChI is InChI=1S/C17H28N2O/c1-15-7-10-19(11-8-15)12-9-18-13-16-5-3-4-6-17(16)14-20-2/h3-6,15,18H,7-14H2,1-2H3. The number of piperidine rings is 1. The molecule has 1 aliphatic rings. The maximum Gasteiger partial charge on any atom is 0.0716 e. The summed E-state index contributed by atoms with van der Waals surface area (Å²) in [4.78, 5) is 2.58. The fraction of sp³-hybridized carbons (Fsp3) is 0.647. The summed E-state index contributed by atoms with van der Waals surface area (Å²) in [5.41, 5.74) is 2.64. The van der Waals surface area contributed by atoms with Gasteiger partial charge in [-0.25, -0.2) is 0 Å². The van der Waals surface area contributed by atoms with E-state index in [2.05, 4.69) is 41.4 Å². The van der Waals surface area contributed by atoms with Crippen LogP contribution in [-0.2, 0) is 17.9 Å². The second-order valence-electron chi connectivity index (χ2n) is 5.90. The highest BCUT2D eigenvalue weighted by Crippen LogP contribution is 2.15. The largest absolute Gasteiger partial charge is 0.380 e. The van der Waals surface area contributed by atoms with Crippen molar-refractivity contribution in [1.29, 1.82) is 0 Å². The van der Waals surface area contributed by atoms with Crippen LogP contribution in [0.4, 0.5) is 0 Å². The molecule has 1 aromatic carbocycles. The third-order valence-corrected chi connectivity index (χ3v) is 4.21. The summed E-state index contributed by atoms with van der Waals surface area (Å²) in [6.07, 6.45) is 2.72. The van der Waals surface area contributed by atoms with Crippen LogP contribution in [0.3, 0.4) is 0 Å². The Morgan fingerprint density at radius 2 is 1.90 bits per heavy atom. The van der Waals surface area contributed by atoms with Crippen LogP contribution in [0.1, 0.15) is 30.9 Å². The predicted octanol–water partition coefficient (Wildman–Crippen LogP) is 2.65. The van der Waals surface area contributed by atoms with E-state index in [-0.39, 0.29) is 0 Å². The minimum Gasteiger partial charge on any atom is -0.380 e. The molecule has 112 valence electrons. The fourth-order valence-corrected chi connectivity index (χ4v) is 2.77. The Morgan fingerprint density at radius 3 is 2.60 bits per heavy atom. The lowest BCUT2D eigenvalue weighted by Crippen LogP contribution is -2.37. The van der Waals surface area contributed by atoms with Crippen LogP contribution in [0.25, 0.3) is 0 Å². The number of hydrogen-bond donors (Lipinski definition) is 1. The number of methoxy groups -OCH3 is 1. The van der Waals surface area contributed by atoms with Gasteiger partial charge in [0.25, 0.3) is 0 Å². The summed E-state index contributed by atoms with van der Waals surface area (Å²) in [7, 11) is 1.75. The molecule has 0 bridgehead atoms. The molecule has 1 N–H and O–H groups in total. The van der Waals surface area contributed by atoms with Crippen molar-refractivity contribution in [2.75, 3.05) is 33.3 Å². The van der Waals surface area contributed by atoms with E-state index >= 15 is 0 Å². The first-order valence-electron chi connectivity index (χ1n) is 7.78. The summed E-state index contributed by atoms with van der Waals surface area (Å²) in [5.74, 6) is 0.917. The van der Waals surface area contributed by atoms with Crippen LogP contribution in [0.5, 0.6) is 0 Å². The molecule has 1 aromatic rings. The first-order chi connectivity index (χ1) is 9.79. The summed E-state index contributed by atoms with van der Waals surface area (Å²) >= 11 is 0. The number of rotatable bonds is 7. The van der Waals surface area contributed by atoms with Crippen molar-refractivity contribution in [2.45, 2.75) is 32.9 Å². The molecule has 1 fully saturated rings. The fourth-order valence-electron chi connectivity index (χ4n) is 2.77. The van der Waals surface area contributed by atoms with Gasteiger partial charge in [0.1, 0.15) is 0 Å². The topological polar surface area (TPSA) is 24.5 Å². The maximum atomic E-state index is 5.24. The summed E-state index contributed by atoms with van der Waals surface area (Å²) in [6, 6.07) is 8.51. The van der Waals surface area contributed by atoms with Crippen molar-refractivity contribution in [1.82, 2.24) is 10.2 Å². The Kier molecular flexibility index (Phi) is 6.51. The maximum absolute atomic E-state index is 5.24. The second-order valence-corrected chi connectivity index (χ2v) is 5.90. The monoisotopic (exact) mass is 276 g/mol. The van der Waals surface area contributed by atoms with Gasteiger partial charge in [0, 0.05) is 26.7 Å². The number of benzene rings is 1. The highest BCUT2D eigenvalue weighted by Gasteiger charge is 2.14. The Balaban J connectivity index is 1.68. The Morgan fingerprint density at radius 1 is 1.20 bits per heavy atom. The van der Waals surface area contributed by atoms with Gasteiger partial charge in [0.05, 0.1) is 6.61 Å². The Labute approximate surface area is 123 Å². The van der Waals surface area contributed by atoms with Gasteiger partial charge in [0.2, 0.25) is 0 Å². The summed E-state index contributed by atoms with van der Waals surface area (Å²) in [6.45, 7) is 8.76. The molecular weight excluding hydrogens is 248 g/mol. The summed E-state index contributed by atoms with van der Waals surface area (Å²) < 4.78 is 5.24. The van der Waals surface area contributed by atoms with Gasteiger partial charge >= 0.3 is 0 Å². The highest BCUT2D eigenvalue weighted by molar-refractivity contribution is 5.26. The third kappa shape index (κ3) is 4.89. The van der Waals surface area contributed by atoms with Crippen LogP contribution < -0.4 is 5.32 Å². The van der Waals surface area contributed by atoms with Gasteiger partial charge in [-0.05, 0) is 43.0 Å². The third-order valence-electron chi connectivity index (χ3n) is 4.21. The lowest BCUT2D eigenvalue weighted by Gasteiger charge is -2.30. The molecule has 20 heavy (non-hydrogen) atoms. The van der Waals surface area contributed by atoms with Crippen LogP contribution in [0.15, 0.2) is 24.3 Å². The van der Waals surface area contributed by atoms with E-state index in [4.69, 9.17) is 4.74 Å². The number of ether oxygens (including phenoxy) is 1. The molecule has 0 radical (unpaired) electrons. The molecule has 0 aliphatic carbocycles. The molecule has 0 amide bonds. The molecule has 0 aromatic heterocycles. The molecule has 0 atom stereocenters. The van der Waals surface area contributed by atoms with Crippen LogP contribution >= 0.6 is 0 Å². The van der Waals surface area contributed by atoms with Crippen molar-refractivity contribution in [3.63, 3.8) is 0 Å². The molecule has 3 heteroatoms. The second kappa shape index (κ2) is 8.40. The van der Waals surface area contributed by atoms with E-state index in [1.165, 1.54) is 43.6 Å². The average molecular weight is 276 g/mol. The normalized spacial score (nSPS) is 17.5. The number of likely N-dealkylation sites (tertiary alicyclic amines) is 1. The SMILES string of the molecule is COCc1ccccc1CNCCN1CCC(C)CC1. The van der Waals surface area contributed by atoms with Gasteiger partial charge in [-0.2, -0.15) is 0 Å². The van der Waals surface area contributed by atoms with Crippen molar-refractivity contribution in [3.05, 3.63) is 35.4 Å². The van der Waals surface area contributed by atoms with Gasteiger partial charge in [-0.3, -0.25) is 0 Å². The van der Waals surface area contributed by atoms with E-state index in [0.29, 0.717) is 6.61 Å². The minimum absolute atomic E-state index is 0.696. The smallest absolute Gasteiger partial charge is 0.0716 e. The molecule has 0 saturated carbocycles. The molecular formula is C17H28N2O. The molecule has 1 heterocycles. The lowest BCUT2D eigenvalue weighted by atomic mass is 9.99. The van der Waals surface area contributed by atoms with Crippen molar-refractivity contribution in [2.24, 2.45) is 5.92 Å². The molecule has 0 unspecified atom stereocenters. The van der Waals surface area contributed by atoms with E-state index in [1.807, 2.05) is 0 Å². The Bertz CT molecular complexity index is 386. The quantitative estimate of drug-likeness (QED) is 0.775. The molecule has 2 rings (SSSR count). The highest BCUT2D eigenvalue weighted by atomic mass is 16.5. The van der Waals surface area contributed by atoms with Gasteiger partial charge in [0.15, 0.2) is 0 Å². The van der Waals surface area contributed by atoms with Crippen molar-refractivity contribution in [3.8, 4) is 0 Å². The van der Waals surface area contributed by atoms with E-state index in [1.54, 1.807) is 7.11 Å².